The quantitative estimate of drug-likeness (QED) is 0.0507. The summed E-state index contributed by atoms with van der Waals surface area (Å²) >= 11 is 0. The molecule has 6 heterocycles. The molecule has 727 valence electrons. The third-order valence-corrected chi connectivity index (χ3v) is 20.0. The summed E-state index contributed by atoms with van der Waals surface area (Å²) in [6.07, 6.45) is 7.55. The van der Waals surface area contributed by atoms with E-state index in [1.165, 1.54) is 157 Å². The summed E-state index contributed by atoms with van der Waals surface area (Å²) in [6, 6.07) is 115. The van der Waals surface area contributed by atoms with Crippen LogP contribution in [-0.4, -0.2) is 73.5 Å². The second kappa shape index (κ2) is 61.9. The van der Waals surface area contributed by atoms with E-state index in [1.807, 2.05) is 133 Å². The second-order valence-corrected chi connectivity index (χ2v) is 33.1. The monoisotopic (exact) mass is 2740 g/mol. The number of carbonyl (C=O) groups excluding carboxylic acids is 4. The standard InChI is InChI=1S/C21H22N.4C17H14N.C11H8N.4C5H8O2.5Ir/c1-14(2)9-17-5-6-18-7-8-20(22-21(18)13-17)19-11-15(3)10-16(4)12-19;1-12-6-5-8-15(13(12)2)17-11-10-14-7-3-4-9-16(14)18-17;1-12-7-9-15(13(2)11-12)17-10-8-14-5-3-4-6-16(14)18-17;1-12-9-13(2)11-15(10-12)17-8-7-14-5-3-4-6-16(14)18-17;1-12-7-8-15(11-13(12)2)17-10-9-14-5-3-4-6-16(14)18-17;1-2-6-10(7-3-1)11-8-4-5-9-12-11;4*1-4(6)3-5(2)7;;;;;/h5-8,10-11,13-14H,9H2,1-4H3;3-7,9-11H,1-2H3;3-8,10-11H,1-2H3;3-10H,1-2H3;3-7,9-11H,1-2H3;1-6,8-9H;4*3,6H,1-2H3;;;;;/q6*-1;;;;;;;;;. The zero-order valence-corrected chi connectivity index (χ0v) is 94.0. The molecule has 17 rings (SSSR count). The van der Waals surface area contributed by atoms with Crippen molar-refractivity contribution < 1.29 is 140 Å². The predicted molar refractivity (Wildman–Crippen MR) is 553 cm³/mol. The maximum absolute atomic E-state index is 10.0. The van der Waals surface area contributed by atoms with E-state index in [-0.39, 0.29) is 147 Å². The van der Waals surface area contributed by atoms with E-state index >= 15 is 0 Å². The van der Waals surface area contributed by atoms with Crippen LogP contribution in [0.5, 0.6) is 0 Å². The molecule has 14 nitrogen and oxygen atoms in total. The number of carbonyl (C=O) groups is 4. The number of allylic oxidation sites excluding steroid dienone is 8. The van der Waals surface area contributed by atoms with E-state index in [4.69, 9.17) is 40.4 Å². The van der Waals surface area contributed by atoms with Crippen LogP contribution in [0.4, 0.5) is 0 Å². The van der Waals surface area contributed by atoms with Gasteiger partial charge in [0.15, 0.2) is 23.1 Å². The van der Waals surface area contributed by atoms with Crippen molar-refractivity contribution in [3.05, 3.63) is 430 Å². The van der Waals surface area contributed by atoms with Gasteiger partial charge < -0.3 is 25.4 Å². The molecular weight excluding hydrogens is 2610 g/mol. The van der Waals surface area contributed by atoms with Gasteiger partial charge in [-0.1, -0.05) is 241 Å². The largest absolute Gasteiger partial charge is 0.512 e. The number of hydrogen-bond acceptors (Lipinski definition) is 14. The van der Waals surface area contributed by atoms with E-state index < -0.39 is 0 Å². The Labute approximate surface area is 888 Å². The van der Waals surface area contributed by atoms with Crippen LogP contribution in [0, 0.1) is 112 Å². The second-order valence-electron chi connectivity index (χ2n) is 33.1. The molecule has 0 aliphatic rings. The number of fused-ring (bicyclic) bond motifs is 5. The Morgan fingerprint density at radius 2 is 0.683 bits per heavy atom. The Kier molecular flexibility index (Phi) is 53.8. The molecule has 0 amide bonds. The van der Waals surface area contributed by atoms with Crippen molar-refractivity contribution in [2.24, 2.45) is 5.92 Å². The van der Waals surface area contributed by atoms with Crippen molar-refractivity contribution in [3.63, 3.8) is 0 Å². The molecule has 0 saturated heterocycles. The van der Waals surface area contributed by atoms with Crippen LogP contribution >= 0.6 is 0 Å². The van der Waals surface area contributed by atoms with Gasteiger partial charge in [-0.2, -0.15) is 0 Å². The zero-order chi connectivity index (χ0) is 97.5. The minimum atomic E-state index is -0.125. The summed E-state index contributed by atoms with van der Waals surface area (Å²) in [5.41, 5.74) is 31.2. The predicted octanol–water partition coefficient (Wildman–Crippen LogP) is 29.5. The molecule has 0 atom stereocenters. The van der Waals surface area contributed by atoms with Crippen molar-refractivity contribution in [2.75, 3.05) is 0 Å². The van der Waals surface area contributed by atoms with Crippen LogP contribution in [0.25, 0.3) is 122 Å². The number of aliphatic hydroxyl groups excluding tert-OH is 4. The van der Waals surface area contributed by atoms with Crippen molar-refractivity contribution >= 4 is 77.6 Å². The molecule has 19 heteroatoms. The minimum absolute atomic E-state index is 0. The van der Waals surface area contributed by atoms with Gasteiger partial charge in [0.1, 0.15) is 0 Å². The molecule has 0 fully saturated rings. The van der Waals surface area contributed by atoms with E-state index in [0.29, 0.717) is 5.92 Å². The average Bonchev–Trinajstić information content (AvgIpc) is 0.827. The van der Waals surface area contributed by atoms with Crippen LogP contribution in [-0.2, 0) is 126 Å². The summed E-state index contributed by atoms with van der Waals surface area (Å²) < 4.78 is 0. The number of hydrogen-bond donors (Lipinski definition) is 4. The number of ketones is 4. The van der Waals surface area contributed by atoms with Gasteiger partial charge in [0.05, 0.1) is 50.6 Å². The van der Waals surface area contributed by atoms with Crippen LogP contribution in [0.15, 0.2) is 333 Å². The summed E-state index contributed by atoms with van der Waals surface area (Å²) in [4.78, 5) is 68.0. The summed E-state index contributed by atoms with van der Waals surface area (Å²) in [5, 5.41) is 39.3. The van der Waals surface area contributed by atoms with E-state index in [2.05, 4.69) is 275 Å². The smallest absolute Gasteiger partial charge is 0.155 e. The third-order valence-electron chi connectivity index (χ3n) is 20.0. The molecular formula is C120H118Ir5N6O8-6. The minimum Gasteiger partial charge on any atom is -0.512 e. The van der Waals surface area contributed by atoms with Gasteiger partial charge in [0.25, 0.3) is 0 Å². The topological polar surface area (TPSA) is 227 Å². The number of aromatic nitrogens is 6. The Morgan fingerprint density at radius 1 is 0.302 bits per heavy atom. The molecule has 11 aromatic carbocycles. The fourth-order valence-corrected chi connectivity index (χ4v) is 13.9. The molecule has 4 N–H and O–H groups in total. The number of aliphatic hydroxyl groups is 4. The SMILES string of the molecule is CC(=O)C=C(C)O.CC(=O)C=C(C)O.CC(=O)C=C(C)O.CC(=O)C=C(C)O.Cc1[c-]c(-c2ccc3ccc(CC(C)C)cc3n2)cc(C)c1.Cc1[c-]c(-c2ccc3ccccc3n2)cc(C)c1.Cc1c[c-]c(-c2ccc3ccccc3n2)c(C)c1.Cc1c[c-]c(-c2ccc3ccccc3n2)cc1C.Cc1cc[c-]c(-c2ccc3ccccc3n2)c1C.[Ir].[Ir].[Ir].[Ir].[Ir].[c-]1ccccc1-c1ccccn1. The number of benzene rings is 11. The molecule has 0 aliphatic heterocycles. The number of para-hydroxylation sites is 4. The molecule has 0 aliphatic carbocycles. The number of aryl methyl sites for hydroxylation is 9. The van der Waals surface area contributed by atoms with Crippen LogP contribution in [0.1, 0.15) is 130 Å². The first-order chi connectivity index (χ1) is 63.9. The first-order valence-corrected chi connectivity index (χ1v) is 44.2. The van der Waals surface area contributed by atoms with Crippen LogP contribution < -0.4 is 0 Å². The number of pyridine rings is 6. The average molecular weight is 2730 g/mol. The molecule has 0 bridgehead atoms. The molecule has 0 spiro atoms. The Hall–Kier alpha value is -12.3. The summed E-state index contributed by atoms with van der Waals surface area (Å²) in [6.45, 7) is 36.9. The van der Waals surface area contributed by atoms with Crippen molar-refractivity contribution in [2.45, 2.75) is 145 Å². The fourth-order valence-electron chi connectivity index (χ4n) is 13.9. The Balaban J connectivity index is 0.000000406. The van der Waals surface area contributed by atoms with Crippen molar-refractivity contribution in [1.82, 2.24) is 29.9 Å². The Bertz CT molecular complexity index is 6820. The zero-order valence-electron chi connectivity index (χ0n) is 82.0. The van der Waals surface area contributed by atoms with Gasteiger partial charge in [0, 0.05) is 131 Å². The summed E-state index contributed by atoms with van der Waals surface area (Å²) in [7, 11) is 0. The molecule has 6 aromatic heterocycles. The molecule has 139 heavy (non-hydrogen) atoms. The molecule has 0 saturated carbocycles. The summed E-state index contributed by atoms with van der Waals surface area (Å²) in [5.74, 6) is 0.411. The fraction of sp³-hybridized carbons (Fsp3) is 0.183. The van der Waals surface area contributed by atoms with Gasteiger partial charge in [-0.25, -0.2) is 0 Å². The maximum Gasteiger partial charge on any atom is 0.155 e. The number of rotatable bonds is 12. The molecule has 5 radical (unpaired) electrons. The van der Waals surface area contributed by atoms with Crippen LogP contribution in [0.3, 0.4) is 0 Å². The van der Waals surface area contributed by atoms with Gasteiger partial charge in [-0.15, -0.1) is 210 Å². The normalized spacial score (nSPS) is 10.5. The van der Waals surface area contributed by atoms with Crippen molar-refractivity contribution in [1.29, 1.82) is 0 Å². The van der Waals surface area contributed by atoms with Gasteiger partial charge in [-0.05, 0) is 171 Å². The van der Waals surface area contributed by atoms with Crippen LogP contribution in [0.2, 0.25) is 0 Å². The van der Waals surface area contributed by atoms with E-state index in [9.17, 15) is 19.2 Å². The van der Waals surface area contributed by atoms with Gasteiger partial charge in [-0.3, -0.25) is 44.1 Å². The van der Waals surface area contributed by atoms with Gasteiger partial charge in [0.2, 0.25) is 0 Å². The first-order valence-electron chi connectivity index (χ1n) is 44.2. The van der Waals surface area contributed by atoms with E-state index in [1.54, 1.807) is 6.20 Å². The first kappa shape index (κ1) is 121. The maximum atomic E-state index is 10.0. The van der Waals surface area contributed by atoms with E-state index in [0.717, 1.165) is 113 Å². The molecule has 17 aromatic rings. The number of nitrogens with zero attached hydrogens (tertiary/aromatic N) is 6. The van der Waals surface area contributed by atoms with Crippen molar-refractivity contribution in [3.8, 4) is 67.5 Å². The third kappa shape index (κ3) is 42.1. The molecule has 0 unspecified atom stereocenters. The Morgan fingerprint density at radius 3 is 1.06 bits per heavy atom. The van der Waals surface area contributed by atoms with Gasteiger partial charge >= 0.3 is 0 Å².